The van der Waals surface area contributed by atoms with E-state index < -0.39 is 11.5 Å². The van der Waals surface area contributed by atoms with Crippen molar-refractivity contribution < 1.29 is 9.90 Å². The number of nitrogens with zero attached hydrogens (tertiary/aromatic N) is 6. The third-order valence-corrected chi connectivity index (χ3v) is 4.34. The van der Waals surface area contributed by atoms with Crippen LogP contribution in [0.1, 0.15) is 21.1 Å². The summed E-state index contributed by atoms with van der Waals surface area (Å²) in [5, 5.41) is 15.7. The van der Waals surface area contributed by atoms with E-state index in [1.165, 1.54) is 34.7 Å². The molecule has 126 valence electrons. The van der Waals surface area contributed by atoms with Gasteiger partial charge in [-0.15, -0.1) is 11.3 Å². The molecule has 4 heterocycles. The van der Waals surface area contributed by atoms with Crippen molar-refractivity contribution in [3.05, 3.63) is 50.7 Å². The Bertz CT molecular complexity index is 1150. The highest BCUT2D eigenvalue weighted by atomic mass is 32.1. The second-order valence-electron chi connectivity index (χ2n) is 5.27. The Morgan fingerprint density at radius 1 is 1.40 bits per heavy atom. The van der Waals surface area contributed by atoms with Gasteiger partial charge in [-0.3, -0.25) is 9.78 Å². The molecule has 0 aliphatic rings. The lowest BCUT2D eigenvalue weighted by Crippen LogP contribution is -2.16. The molecule has 10 nitrogen and oxygen atoms in total. The number of carboxylic acids is 1. The Labute approximate surface area is 143 Å². The van der Waals surface area contributed by atoms with Crippen molar-refractivity contribution in [1.29, 1.82) is 0 Å². The summed E-state index contributed by atoms with van der Waals surface area (Å²) in [6.07, 6.45) is 3.97. The van der Waals surface area contributed by atoms with Crippen LogP contribution in [-0.4, -0.2) is 45.4 Å². The predicted octanol–water partition coefficient (Wildman–Crippen LogP) is 0.817. The lowest BCUT2D eigenvalue weighted by molar-refractivity contribution is 0.0697. The van der Waals surface area contributed by atoms with E-state index in [9.17, 15) is 9.59 Å². The Kier molecular flexibility index (Phi) is 3.42. The minimum atomic E-state index is -1.11. The molecule has 0 saturated heterocycles. The molecule has 2 N–H and O–H groups in total. The fourth-order valence-electron chi connectivity index (χ4n) is 2.41. The van der Waals surface area contributed by atoms with Crippen molar-refractivity contribution in [2.75, 3.05) is 0 Å². The number of aromatic carboxylic acids is 1. The first-order chi connectivity index (χ1) is 12.0. The van der Waals surface area contributed by atoms with Crippen molar-refractivity contribution in [1.82, 2.24) is 34.3 Å². The Morgan fingerprint density at radius 2 is 2.24 bits per heavy atom. The van der Waals surface area contributed by atoms with Crippen LogP contribution in [0.25, 0.3) is 17.1 Å². The van der Waals surface area contributed by atoms with Gasteiger partial charge in [-0.25, -0.2) is 19.4 Å². The number of imidazole rings is 1. The maximum atomic E-state index is 12.5. The summed E-state index contributed by atoms with van der Waals surface area (Å²) in [7, 11) is 0. The van der Waals surface area contributed by atoms with Crippen LogP contribution in [0.15, 0.2) is 28.9 Å². The van der Waals surface area contributed by atoms with Gasteiger partial charge >= 0.3 is 5.97 Å². The van der Waals surface area contributed by atoms with E-state index >= 15 is 0 Å². The van der Waals surface area contributed by atoms with Gasteiger partial charge in [-0.05, 0) is 6.92 Å². The van der Waals surface area contributed by atoms with E-state index in [0.29, 0.717) is 12.1 Å². The lowest BCUT2D eigenvalue weighted by atomic mass is 10.4. The lowest BCUT2D eigenvalue weighted by Gasteiger charge is -2.02. The van der Waals surface area contributed by atoms with Crippen LogP contribution in [0.2, 0.25) is 0 Å². The molecule has 0 aliphatic heterocycles. The van der Waals surface area contributed by atoms with Crippen LogP contribution in [-0.2, 0) is 6.54 Å². The van der Waals surface area contributed by atoms with Crippen molar-refractivity contribution in [2.45, 2.75) is 13.5 Å². The van der Waals surface area contributed by atoms with E-state index in [4.69, 9.17) is 5.11 Å². The molecule has 0 atom stereocenters. The number of hydrogen-bond donors (Lipinski definition) is 2. The first-order valence-electron chi connectivity index (χ1n) is 7.16. The zero-order valence-corrected chi connectivity index (χ0v) is 13.7. The number of rotatable bonds is 4. The van der Waals surface area contributed by atoms with E-state index in [-0.39, 0.29) is 17.2 Å². The Balaban J connectivity index is 1.76. The second-order valence-corrected chi connectivity index (χ2v) is 6.33. The molecule has 0 spiro atoms. The third kappa shape index (κ3) is 2.70. The molecule has 0 unspecified atom stereocenters. The SMILES string of the molecule is Cc1nc(Cn2cnc3nc(-n4cc(C(=O)O)cn4)[nH]c(=O)c32)cs1. The molecule has 4 aromatic heterocycles. The third-order valence-electron chi connectivity index (χ3n) is 3.52. The largest absolute Gasteiger partial charge is 0.478 e. The van der Waals surface area contributed by atoms with Crippen molar-refractivity contribution in [3.63, 3.8) is 0 Å². The topological polar surface area (TPSA) is 132 Å². The minimum Gasteiger partial charge on any atom is -0.478 e. The summed E-state index contributed by atoms with van der Waals surface area (Å²) in [5.74, 6) is -1.02. The van der Waals surface area contributed by atoms with Crippen LogP contribution in [0.5, 0.6) is 0 Å². The predicted molar refractivity (Wildman–Crippen MR) is 88.2 cm³/mol. The standard InChI is InChI=1S/C14H11N7O3S/c1-7-17-9(5-25-7)4-20-6-15-11-10(20)12(22)19-14(18-11)21-3-8(2-16-21)13(23)24/h2-3,5-6H,4H2,1H3,(H,23,24)(H,18,19,22). The summed E-state index contributed by atoms with van der Waals surface area (Å²) < 4.78 is 2.86. The minimum absolute atomic E-state index is 0.00724. The Morgan fingerprint density at radius 3 is 2.92 bits per heavy atom. The van der Waals surface area contributed by atoms with Gasteiger partial charge < -0.3 is 9.67 Å². The fourth-order valence-corrected chi connectivity index (χ4v) is 3.01. The zero-order chi connectivity index (χ0) is 17.6. The van der Waals surface area contributed by atoms with Gasteiger partial charge in [-0.1, -0.05) is 0 Å². The molecule has 0 aromatic carbocycles. The molecule has 0 radical (unpaired) electrons. The number of thiazole rings is 1. The molecule has 4 aromatic rings. The molecule has 0 fully saturated rings. The van der Waals surface area contributed by atoms with Gasteiger partial charge in [0.1, 0.15) is 0 Å². The number of carboxylic acid groups (broad SMARTS) is 1. The summed E-state index contributed by atoms with van der Waals surface area (Å²) >= 11 is 1.53. The molecular weight excluding hydrogens is 346 g/mol. The number of aromatic nitrogens is 7. The number of hydrogen-bond acceptors (Lipinski definition) is 7. The van der Waals surface area contributed by atoms with Crippen molar-refractivity contribution in [3.8, 4) is 5.95 Å². The van der Waals surface area contributed by atoms with Gasteiger partial charge in [0.15, 0.2) is 11.2 Å². The van der Waals surface area contributed by atoms with Crippen LogP contribution in [0, 0.1) is 6.92 Å². The maximum absolute atomic E-state index is 12.5. The number of fused-ring (bicyclic) bond motifs is 1. The highest BCUT2D eigenvalue weighted by Crippen LogP contribution is 2.13. The number of carbonyl (C=O) groups is 1. The number of aromatic amines is 1. The quantitative estimate of drug-likeness (QED) is 0.552. The molecular formula is C14H11N7O3S. The first-order valence-corrected chi connectivity index (χ1v) is 8.04. The van der Waals surface area contributed by atoms with Crippen LogP contribution in [0.3, 0.4) is 0 Å². The van der Waals surface area contributed by atoms with Crippen LogP contribution in [0.4, 0.5) is 0 Å². The summed E-state index contributed by atoms with van der Waals surface area (Å²) in [6.45, 7) is 2.33. The van der Waals surface area contributed by atoms with E-state index in [2.05, 4.69) is 25.0 Å². The molecule has 0 amide bonds. The number of aryl methyl sites for hydroxylation is 1. The zero-order valence-electron chi connectivity index (χ0n) is 12.9. The summed E-state index contributed by atoms with van der Waals surface area (Å²) in [5.41, 5.74) is 1.01. The normalized spacial score (nSPS) is 11.2. The van der Waals surface area contributed by atoms with E-state index in [0.717, 1.165) is 10.7 Å². The van der Waals surface area contributed by atoms with Crippen LogP contribution < -0.4 is 5.56 Å². The maximum Gasteiger partial charge on any atom is 0.338 e. The number of nitrogens with one attached hydrogen (secondary N) is 1. The molecule has 0 aliphatic carbocycles. The van der Waals surface area contributed by atoms with Gasteiger partial charge in [0, 0.05) is 11.6 Å². The van der Waals surface area contributed by atoms with E-state index in [1.807, 2.05) is 12.3 Å². The molecule has 0 bridgehead atoms. The Hall–Kier alpha value is -3.34. The van der Waals surface area contributed by atoms with Crippen LogP contribution >= 0.6 is 11.3 Å². The van der Waals surface area contributed by atoms with Crippen molar-refractivity contribution in [2.24, 2.45) is 0 Å². The fraction of sp³-hybridized carbons (Fsp3) is 0.143. The van der Waals surface area contributed by atoms with Gasteiger partial charge in [0.05, 0.1) is 35.3 Å². The molecule has 11 heteroatoms. The highest BCUT2D eigenvalue weighted by molar-refractivity contribution is 7.09. The second kappa shape index (κ2) is 5.63. The average molecular weight is 357 g/mol. The van der Waals surface area contributed by atoms with Gasteiger partial charge in [0.2, 0.25) is 5.95 Å². The average Bonchev–Trinajstić information content (AvgIpc) is 3.28. The molecule has 25 heavy (non-hydrogen) atoms. The monoisotopic (exact) mass is 357 g/mol. The molecule has 0 saturated carbocycles. The highest BCUT2D eigenvalue weighted by Gasteiger charge is 2.14. The number of H-pyrrole nitrogens is 1. The summed E-state index contributed by atoms with van der Waals surface area (Å²) in [4.78, 5) is 38.8. The van der Waals surface area contributed by atoms with Gasteiger partial charge in [-0.2, -0.15) is 10.1 Å². The van der Waals surface area contributed by atoms with Crippen molar-refractivity contribution >= 4 is 28.5 Å². The summed E-state index contributed by atoms with van der Waals surface area (Å²) in [6, 6.07) is 0. The smallest absolute Gasteiger partial charge is 0.338 e. The van der Waals surface area contributed by atoms with Gasteiger partial charge in [0.25, 0.3) is 5.56 Å². The molecule has 4 rings (SSSR count). The van der Waals surface area contributed by atoms with E-state index in [1.54, 1.807) is 4.57 Å². The first kappa shape index (κ1) is 15.2.